The van der Waals surface area contributed by atoms with E-state index in [9.17, 15) is 13.2 Å². The number of alkyl halides is 2. The highest BCUT2D eigenvalue weighted by molar-refractivity contribution is 5.97. The van der Waals surface area contributed by atoms with Gasteiger partial charge >= 0.3 is 6.61 Å². The number of benzene rings is 1. The standard InChI is InChI=1S/C8H7F3N2O/c9-4-2-1-3-5(14-8(10)11)6(4)7(12)13/h1-3,8H,(H3,12,13). The Bertz CT molecular complexity index is 354. The number of hydrogen-bond donors (Lipinski definition) is 2. The number of nitrogen functional groups attached to an aromatic ring is 1. The first-order chi connectivity index (χ1) is 6.52. The highest BCUT2D eigenvalue weighted by Gasteiger charge is 2.15. The second-order valence-corrected chi connectivity index (χ2v) is 2.41. The van der Waals surface area contributed by atoms with Gasteiger partial charge in [-0.25, -0.2) is 4.39 Å². The van der Waals surface area contributed by atoms with Gasteiger partial charge in [0, 0.05) is 0 Å². The number of nitrogens with two attached hydrogens (primary N) is 1. The van der Waals surface area contributed by atoms with Gasteiger partial charge in [0.2, 0.25) is 0 Å². The van der Waals surface area contributed by atoms with E-state index in [0.717, 1.165) is 12.1 Å². The molecule has 1 aromatic carbocycles. The fourth-order valence-electron chi connectivity index (χ4n) is 0.960. The molecule has 0 atom stereocenters. The molecule has 76 valence electrons. The Balaban J connectivity index is 3.14. The van der Waals surface area contributed by atoms with Crippen LogP contribution in [0.2, 0.25) is 0 Å². The summed E-state index contributed by atoms with van der Waals surface area (Å²) in [6.45, 7) is -3.07. The number of amidine groups is 1. The summed E-state index contributed by atoms with van der Waals surface area (Å²) < 4.78 is 40.7. The highest BCUT2D eigenvalue weighted by Crippen LogP contribution is 2.22. The molecule has 1 aromatic rings. The zero-order chi connectivity index (χ0) is 10.7. The van der Waals surface area contributed by atoms with Crippen LogP contribution in [0.5, 0.6) is 5.75 Å². The normalized spacial score (nSPS) is 10.3. The lowest BCUT2D eigenvalue weighted by molar-refractivity contribution is -0.0501. The molecule has 0 aliphatic heterocycles. The van der Waals surface area contributed by atoms with Crippen LogP contribution in [0, 0.1) is 11.2 Å². The van der Waals surface area contributed by atoms with Crippen molar-refractivity contribution in [3.63, 3.8) is 0 Å². The summed E-state index contributed by atoms with van der Waals surface area (Å²) >= 11 is 0. The summed E-state index contributed by atoms with van der Waals surface area (Å²) in [6.07, 6.45) is 0. The third kappa shape index (κ3) is 2.15. The number of halogens is 3. The third-order valence-electron chi connectivity index (χ3n) is 1.46. The van der Waals surface area contributed by atoms with E-state index >= 15 is 0 Å². The summed E-state index contributed by atoms with van der Waals surface area (Å²) in [4.78, 5) is 0. The van der Waals surface area contributed by atoms with Gasteiger partial charge in [0.25, 0.3) is 0 Å². The Morgan fingerprint density at radius 1 is 1.43 bits per heavy atom. The van der Waals surface area contributed by atoms with Gasteiger partial charge in [0.1, 0.15) is 17.4 Å². The average molecular weight is 204 g/mol. The predicted octanol–water partition coefficient (Wildman–Crippen LogP) is 1.71. The third-order valence-corrected chi connectivity index (χ3v) is 1.46. The summed E-state index contributed by atoms with van der Waals surface area (Å²) in [5, 5.41) is 6.97. The van der Waals surface area contributed by atoms with Crippen LogP contribution in [0.1, 0.15) is 5.56 Å². The van der Waals surface area contributed by atoms with E-state index in [1.165, 1.54) is 6.07 Å². The molecule has 6 heteroatoms. The van der Waals surface area contributed by atoms with Crippen LogP contribution in [0.25, 0.3) is 0 Å². The molecule has 0 heterocycles. The number of rotatable bonds is 3. The van der Waals surface area contributed by atoms with Crippen LogP contribution in [0.3, 0.4) is 0 Å². The first kappa shape index (κ1) is 10.4. The highest BCUT2D eigenvalue weighted by atomic mass is 19.3. The lowest BCUT2D eigenvalue weighted by Gasteiger charge is -2.09. The van der Waals surface area contributed by atoms with Crippen LogP contribution >= 0.6 is 0 Å². The zero-order valence-electron chi connectivity index (χ0n) is 6.93. The molecule has 0 unspecified atom stereocenters. The van der Waals surface area contributed by atoms with E-state index in [4.69, 9.17) is 11.1 Å². The lowest BCUT2D eigenvalue weighted by atomic mass is 10.2. The molecule has 3 N–H and O–H groups in total. The Labute approximate surface area is 77.8 Å². The Morgan fingerprint density at radius 3 is 2.57 bits per heavy atom. The van der Waals surface area contributed by atoms with Crippen molar-refractivity contribution < 1.29 is 17.9 Å². The molecule has 0 saturated carbocycles. The molecule has 0 spiro atoms. The van der Waals surface area contributed by atoms with Crippen LogP contribution in [-0.2, 0) is 0 Å². The second-order valence-electron chi connectivity index (χ2n) is 2.41. The van der Waals surface area contributed by atoms with Crippen molar-refractivity contribution >= 4 is 5.84 Å². The van der Waals surface area contributed by atoms with E-state index in [1.54, 1.807) is 0 Å². The fraction of sp³-hybridized carbons (Fsp3) is 0.125. The maximum Gasteiger partial charge on any atom is 0.387 e. The van der Waals surface area contributed by atoms with E-state index in [-0.39, 0.29) is 0 Å². The summed E-state index contributed by atoms with van der Waals surface area (Å²) in [6, 6.07) is 3.32. The fourth-order valence-corrected chi connectivity index (χ4v) is 0.960. The van der Waals surface area contributed by atoms with Crippen LogP contribution in [0.15, 0.2) is 18.2 Å². The molecule has 0 amide bonds. The van der Waals surface area contributed by atoms with Crippen molar-refractivity contribution in [3.05, 3.63) is 29.6 Å². The lowest BCUT2D eigenvalue weighted by Crippen LogP contribution is -2.16. The van der Waals surface area contributed by atoms with E-state index in [0.29, 0.717) is 0 Å². The molecule has 0 saturated heterocycles. The van der Waals surface area contributed by atoms with Crippen molar-refractivity contribution in [2.24, 2.45) is 5.73 Å². The minimum atomic E-state index is -3.07. The van der Waals surface area contributed by atoms with Gasteiger partial charge in [-0.3, -0.25) is 5.41 Å². The minimum Gasteiger partial charge on any atom is -0.434 e. The van der Waals surface area contributed by atoms with Gasteiger partial charge in [-0.15, -0.1) is 0 Å². The largest absolute Gasteiger partial charge is 0.434 e. The van der Waals surface area contributed by atoms with Crippen molar-refractivity contribution in [2.45, 2.75) is 6.61 Å². The maximum atomic E-state index is 13.0. The van der Waals surface area contributed by atoms with E-state index < -0.39 is 29.6 Å². The van der Waals surface area contributed by atoms with Crippen molar-refractivity contribution in [1.82, 2.24) is 0 Å². The predicted molar refractivity (Wildman–Crippen MR) is 44.0 cm³/mol. The molecule has 1 rings (SSSR count). The molecular formula is C8H7F3N2O. The number of ether oxygens (including phenoxy) is 1. The first-order valence-electron chi connectivity index (χ1n) is 3.60. The molecule has 0 bridgehead atoms. The maximum absolute atomic E-state index is 13.0. The SMILES string of the molecule is N=C(N)c1c(F)cccc1OC(F)F. The topological polar surface area (TPSA) is 59.1 Å². The van der Waals surface area contributed by atoms with Crippen molar-refractivity contribution in [3.8, 4) is 5.75 Å². The van der Waals surface area contributed by atoms with Gasteiger partial charge in [-0.05, 0) is 12.1 Å². The zero-order valence-corrected chi connectivity index (χ0v) is 6.93. The van der Waals surface area contributed by atoms with Crippen LogP contribution in [0.4, 0.5) is 13.2 Å². The molecule has 0 fully saturated rings. The smallest absolute Gasteiger partial charge is 0.387 e. The monoisotopic (exact) mass is 204 g/mol. The molecule has 0 aromatic heterocycles. The minimum absolute atomic E-state index is 0.437. The van der Waals surface area contributed by atoms with Crippen LogP contribution < -0.4 is 10.5 Å². The number of nitrogens with one attached hydrogen (secondary N) is 1. The van der Waals surface area contributed by atoms with E-state index in [2.05, 4.69) is 4.74 Å². The van der Waals surface area contributed by atoms with Gasteiger partial charge < -0.3 is 10.5 Å². The second kappa shape index (κ2) is 3.99. The Morgan fingerprint density at radius 2 is 2.07 bits per heavy atom. The van der Waals surface area contributed by atoms with Gasteiger partial charge in [0.05, 0.1) is 5.56 Å². The van der Waals surface area contributed by atoms with Crippen molar-refractivity contribution in [1.29, 1.82) is 5.41 Å². The summed E-state index contributed by atoms with van der Waals surface area (Å²) in [5.74, 6) is -1.96. The first-order valence-corrected chi connectivity index (χ1v) is 3.60. The van der Waals surface area contributed by atoms with Crippen LogP contribution in [-0.4, -0.2) is 12.4 Å². The number of hydrogen-bond acceptors (Lipinski definition) is 2. The van der Waals surface area contributed by atoms with E-state index in [1.807, 2.05) is 0 Å². The molecule has 14 heavy (non-hydrogen) atoms. The molecule has 3 nitrogen and oxygen atoms in total. The Hall–Kier alpha value is -1.72. The summed E-state index contributed by atoms with van der Waals surface area (Å²) in [5.41, 5.74) is 4.56. The van der Waals surface area contributed by atoms with Gasteiger partial charge in [0.15, 0.2) is 0 Å². The molecular weight excluding hydrogens is 197 g/mol. The quantitative estimate of drug-likeness (QED) is 0.581. The molecule has 0 aliphatic carbocycles. The summed E-state index contributed by atoms with van der Waals surface area (Å²) in [7, 11) is 0. The average Bonchev–Trinajstić information content (AvgIpc) is 2.01. The van der Waals surface area contributed by atoms with Gasteiger partial charge in [-0.1, -0.05) is 6.07 Å². The molecule has 0 radical (unpaired) electrons. The molecule has 0 aliphatic rings. The van der Waals surface area contributed by atoms with Crippen molar-refractivity contribution in [2.75, 3.05) is 0 Å². The Kier molecular flexibility index (Phi) is 2.95. The van der Waals surface area contributed by atoms with Gasteiger partial charge in [-0.2, -0.15) is 8.78 Å².